The van der Waals surface area contributed by atoms with Crippen molar-refractivity contribution in [2.45, 2.75) is 53.4 Å². The smallest absolute Gasteiger partial charge is 0.344 e. The molecule has 2 aromatic rings. The number of carbonyl (C=O) groups excluding carboxylic acids is 3. The molecule has 0 aliphatic carbocycles. The van der Waals surface area contributed by atoms with Crippen molar-refractivity contribution in [2.24, 2.45) is 0 Å². The molecule has 0 bridgehead atoms. The van der Waals surface area contributed by atoms with Crippen LogP contribution in [-0.4, -0.2) is 37.7 Å². The van der Waals surface area contributed by atoms with Crippen molar-refractivity contribution in [3.63, 3.8) is 0 Å². The second-order valence-electron chi connectivity index (χ2n) is 7.07. The van der Waals surface area contributed by atoms with Gasteiger partial charge in [0.1, 0.15) is 22.6 Å². The molecule has 0 aliphatic heterocycles. The topological polar surface area (TPSA) is 104 Å². The van der Waals surface area contributed by atoms with E-state index in [1.807, 2.05) is 0 Å². The lowest BCUT2D eigenvalue weighted by Gasteiger charge is -2.08. The molecule has 1 amide bonds. The highest BCUT2D eigenvalue weighted by Crippen LogP contribution is 2.29. The fourth-order valence-corrected chi connectivity index (χ4v) is 3.08. The molecule has 2 rings (SSSR count). The zero-order valence-corrected chi connectivity index (χ0v) is 19.1. The molecule has 0 saturated heterocycles. The lowest BCUT2D eigenvalue weighted by Crippen LogP contribution is -2.17. The summed E-state index contributed by atoms with van der Waals surface area (Å²) in [6.45, 7) is 7.80. The Labute approximate surface area is 188 Å². The minimum Gasteiger partial charge on any atom is -0.494 e. The van der Waals surface area contributed by atoms with Crippen LogP contribution in [0.25, 0.3) is 0 Å². The first-order chi connectivity index (χ1) is 15.4. The zero-order chi connectivity index (χ0) is 23.5. The van der Waals surface area contributed by atoms with Crippen LogP contribution >= 0.6 is 0 Å². The molecule has 174 valence electrons. The Morgan fingerprint density at radius 3 is 2.09 bits per heavy atom. The Morgan fingerprint density at radius 1 is 0.875 bits per heavy atom. The van der Waals surface area contributed by atoms with E-state index in [9.17, 15) is 14.4 Å². The highest BCUT2D eigenvalue weighted by atomic mass is 16.5. The average Bonchev–Trinajstić information content (AvgIpc) is 3.10. The summed E-state index contributed by atoms with van der Waals surface area (Å²) in [6.07, 6.45) is 4.45. The van der Waals surface area contributed by atoms with Crippen LogP contribution in [0, 0.1) is 6.92 Å². The van der Waals surface area contributed by atoms with Crippen molar-refractivity contribution in [3.05, 3.63) is 46.7 Å². The summed E-state index contributed by atoms with van der Waals surface area (Å²) < 4.78 is 21.3. The largest absolute Gasteiger partial charge is 0.494 e. The van der Waals surface area contributed by atoms with Crippen LogP contribution in [0.1, 0.15) is 83.3 Å². The van der Waals surface area contributed by atoms with Gasteiger partial charge in [-0.2, -0.15) is 0 Å². The monoisotopic (exact) mass is 445 g/mol. The van der Waals surface area contributed by atoms with Crippen molar-refractivity contribution in [1.29, 1.82) is 0 Å². The van der Waals surface area contributed by atoms with Crippen LogP contribution in [0.4, 0.5) is 5.88 Å². The van der Waals surface area contributed by atoms with Crippen molar-refractivity contribution >= 4 is 23.7 Å². The van der Waals surface area contributed by atoms with E-state index in [-0.39, 0.29) is 36.0 Å². The number of unbranched alkanes of at least 4 members (excludes halogenated alkanes) is 3. The molecule has 1 N–H and O–H groups in total. The Morgan fingerprint density at radius 2 is 1.50 bits per heavy atom. The number of anilines is 1. The third kappa shape index (κ3) is 6.60. The van der Waals surface area contributed by atoms with E-state index in [1.165, 1.54) is 13.3 Å². The number of esters is 2. The van der Waals surface area contributed by atoms with Gasteiger partial charge in [0.25, 0.3) is 5.91 Å². The lowest BCUT2D eigenvalue weighted by atomic mass is 10.1. The second kappa shape index (κ2) is 12.5. The molecule has 0 radical (unpaired) electrons. The molecule has 8 nitrogen and oxygen atoms in total. The van der Waals surface area contributed by atoms with Gasteiger partial charge < -0.3 is 18.6 Å². The molecular formula is C24H31NO7. The molecule has 0 unspecified atom stereocenters. The van der Waals surface area contributed by atoms with Crippen LogP contribution < -0.4 is 10.1 Å². The predicted molar refractivity (Wildman–Crippen MR) is 119 cm³/mol. The molecule has 1 aromatic carbocycles. The second-order valence-corrected chi connectivity index (χ2v) is 7.07. The Balaban J connectivity index is 2.15. The first-order valence-electron chi connectivity index (χ1n) is 10.9. The molecule has 0 spiro atoms. The maximum Gasteiger partial charge on any atom is 0.344 e. The third-order valence-corrected chi connectivity index (χ3v) is 4.65. The van der Waals surface area contributed by atoms with Gasteiger partial charge in [0.05, 0.1) is 19.8 Å². The first kappa shape index (κ1) is 25.0. The summed E-state index contributed by atoms with van der Waals surface area (Å²) in [5, 5.41) is 2.56. The number of amides is 1. The predicted octanol–water partition coefficient (Wildman–Crippen LogP) is 5.15. The summed E-state index contributed by atoms with van der Waals surface area (Å²) in [7, 11) is 0. The van der Waals surface area contributed by atoms with Gasteiger partial charge in [-0.05, 0) is 51.5 Å². The molecule has 0 saturated carbocycles. The highest BCUT2D eigenvalue weighted by molar-refractivity contribution is 6.11. The number of furan rings is 1. The number of carbonyl (C=O) groups is 3. The maximum atomic E-state index is 12.7. The highest BCUT2D eigenvalue weighted by Gasteiger charge is 2.31. The van der Waals surface area contributed by atoms with Crippen LogP contribution in [0.3, 0.4) is 0 Å². The third-order valence-electron chi connectivity index (χ3n) is 4.65. The molecular weight excluding hydrogens is 414 g/mol. The van der Waals surface area contributed by atoms with E-state index in [1.54, 1.807) is 38.1 Å². The zero-order valence-electron chi connectivity index (χ0n) is 19.1. The van der Waals surface area contributed by atoms with Gasteiger partial charge in [-0.3, -0.25) is 10.1 Å². The van der Waals surface area contributed by atoms with Crippen molar-refractivity contribution in [2.75, 3.05) is 25.1 Å². The van der Waals surface area contributed by atoms with Gasteiger partial charge in [0.15, 0.2) is 0 Å². The van der Waals surface area contributed by atoms with Gasteiger partial charge in [0, 0.05) is 5.56 Å². The summed E-state index contributed by atoms with van der Waals surface area (Å²) in [6, 6.07) is 6.64. The summed E-state index contributed by atoms with van der Waals surface area (Å²) in [4.78, 5) is 37.5. The quantitative estimate of drug-likeness (QED) is 0.356. The Bertz CT molecular complexity index is 915. The normalized spacial score (nSPS) is 10.5. The van der Waals surface area contributed by atoms with Gasteiger partial charge in [-0.25, -0.2) is 9.59 Å². The lowest BCUT2D eigenvalue weighted by molar-refractivity contribution is 0.0480. The molecule has 0 fully saturated rings. The van der Waals surface area contributed by atoms with E-state index in [0.29, 0.717) is 17.9 Å². The Kier molecular flexibility index (Phi) is 9.78. The maximum absolute atomic E-state index is 12.7. The number of benzene rings is 1. The first-order valence-corrected chi connectivity index (χ1v) is 10.9. The number of hydrogen-bond acceptors (Lipinski definition) is 7. The Hall–Kier alpha value is -3.29. The van der Waals surface area contributed by atoms with Crippen molar-refractivity contribution < 1.29 is 33.0 Å². The fraction of sp³-hybridized carbons (Fsp3) is 0.458. The minimum absolute atomic E-state index is 0.0626. The SMILES string of the molecule is CCCCCCOc1ccc(C(=O)Nc2oc(C)c(C(=O)OCC)c2C(=O)OCC)cc1. The van der Waals surface area contributed by atoms with Crippen LogP contribution in [0.15, 0.2) is 28.7 Å². The number of aryl methyl sites for hydroxylation is 1. The van der Waals surface area contributed by atoms with E-state index in [2.05, 4.69) is 12.2 Å². The number of hydrogen-bond donors (Lipinski definition) is 1. The van der Waals surface area contributed by atoms with Crippen molar-refractivity contribution in [3.8, 4) is 5.75 Å². The van der Waals surface area contributed by atoms with Crippen LogP contribution in [0.2, 0.25) is 0 Å². The summed E-state index contributed by atoms with van der Waals surface area (Å²) >= 11 is 0. The van der Waals surface area contributed by atoms with E-state index in [4.69, 9.17) is 18.6 Å². The molecule has 0 aliphatic rings. The molecule has 32 heavy (non-hydrogen) atoms. The van der Waals surface area contributed by atoms with Crippen LogP contribution in [-0.2, 0) is 9.47 Å². The number of rotatable bonds is 12. The van der Waals surface area contributed by atoms with Crippen LogP contribution in [0.5, 0.6) is 5.75 Å². The van der Waals surface area contributed by atoms with E-state index >= 15 is 0 Å². The molecule has 1 aromatic heterocycles. The fourth-order valence-electron chi connectivity index (χ4n) is 3.08. The standard InChI is InChI=1S/C24H31NO7/c1-5-8-9-10-15-31-18-13-11-17(12-14-18)21(26)25-22-20(24(28)30-7-3)19(16(4)32-22)23(27)29-6-2/h11-14H,5-10,15H2,1-4H3,(H,25,26). The number of ether oxygens (including phenoxy) is 3. The average molecular weight is 446 g/mol. The van der Waals surface area contributed by atoms with Gasteiger partial charge in [0.2, 0.25) is 5.88 Å². The van der Waals surface area contributed by atoms with E-state index < -0.39 is 17.8 Å². The van der Waals surface area contributed by atoms with Crippen molar-refractivity contribution in [1.82, 2.24) is 0 Å². The van der Waals surface area contributed by atoms with Gasteiger partial charge in [-0.1, -0.05) is 26.2 Å². The molecule has 0 atom stereocenters. The molecule has 1 heterocycles. The van der Waals surface area contributed by atoms with E-state index in [0.717, 1.165) is 19.3 Å². The summed E-state index contributed by atoms with van der Waals surface area (Å²) in [5.74, 6) is -1.36. The molecule has 8 heteroatoms. The van der Waals surface area contributed by atoms with Gasteiger partial charge in [-0.15, -0.1) is 0 Å². The van der Waals surface area contributed by atoms with Gasteiger partial charge >= 0.3 is 11.9 Å². The summed E-state index contributed by atoms with van der Waals surface area (Å²) in [5.41, 5.74) is 0.112. The minimum atomic E-state index is -0.783. The number of nitrogens with one attached hydrogen (secondary N) is 1.